The number of alkyl halides is 2. The highest BCUT2D eigenvalue weighted by Gasteiger charge is 2.26. The van der Waals surface area contributed by atoms with E-state index < -0.39 is 13.0 Å². The summed E-state index contributed by atoms with van der Waals surface area (Å²) >= 11 is 0. The lowest BCUT2D eigenvalue weighted by Crippen LogP contribution is -2.40. The van der Waals surface area contributed by atoms with Crippen LogP contribution in [0.1, 0.15) is 38.5 Å². The summed E-state index contributed by atoms with van der Waals surface area (Å²) in [6.45, 7) is -0.805. The number of carbonyl (C=O) groups is 1. The number of halogens is 2. The van der Waals surface area contributed by atoms with Crippen molar-refractivity contribution in [3.05, 3.63) is 0 Å². The summed E-state index contributed by atoms with van der Waals surface area (Å²) < 4.78 is 24.7. The monoisotopic (exact) mass is 249 g/mol. The van der Waals surface area contributed by atoms with Gasteiger partial charge < -0.3 is 10.0 Å². The Morgan fingerprint density at radius 3 is 2.29 bits per heavy atom. The minimum atomic E-state index is -2.53. The minimum Gasteiger partial charge on any atom is -0.395 e. The Labute approximate surface area is 101 Å². The van der Waals surface area contributed by atoms with Crippen LogP contribution in [0.5, 0.6) is 0 Å². The summed E-state index contributed by atoms with van der Waals surface area (Å²) in [6.07, 6.45) is 3.30. The highest BCUT2D eigenvalue weighted by Crippen LogP contribution is 2.24. The molecule has 100 valence electrons. The Morgan fingerprint density at radius 2 is 1.82 bits per heavy atom. The molecule has 0 atom stereocenters. The van der Waals surface area contributed by atoms with Gasteiger partial charge in [-0.15, -0.1) is 0 Å². The molecule has 1 rings (SSSR count). The van der Waals surface area contributed by atoms with Gasteiger partial charge in [0.15, 0.2) is 0 Å². The lowest BCUT2D eigenvalue weighted by Gasteiger charge is -2.25. The lowest BCUT2D eigenvalue weighted by atomic mass is 9.98. The molecule has 0 aliphatic heterocycles. The van der Waals surface area contributed by atoms with Gasteiger partial charge in [-0.2, -0.15) is 0 Å². The largest absolute Gasteiger partial charge is 0.395 e. The van der Waals surface area contributed by atoms with E-state index in [-0.39, 0.29) is 25.0 Å². The molecule has 3 nitrogen and oxygen atoms in total. The Kier molecular flexibility index (Phi) is 6.40. The van der Waals surface area contributed by atoms with Gasteiger partial charge in [0, 0.05) is 12.5 Å². The van der Waals surface area contributed by atoms with Gasteiger partial charge in [-0.25, -0.2) is 8.78 Å². The maximum atomic E-state index is 12.3. The smallest absolute Gasteiger partial charge is 0.255 e. The van der Waals surface area contributed by atoms with Crippen molar-refractivity contribution in [3.8, 4) is 0 Å². The molecule has 1 amide bonds. The summed E-state index contributed by atoms with van der Waals surface area (Å²) in [5.74, 6) is -0.330. The first kappa shape index (κ1) is 14.4. The van der Waals surface area contributed by atoms with Gasteiger partial charge in [0.2, 0.25) is 5.91 Å². The first-order valence-electron chi connectivity index (χ1n) is 6.33. The highest BCUT2D eigenvalue weighted by molar-refractivity contribution is 5.78. The molecule has 1 N–H and O–H groups in total. The quantitative estimate of drug-likeness (QED) is 0.757. The van der Waals surface area contributed by atoms with Crippen molar-refractivity contribution >= 4 is 5.91 Å². The fourth-order valence-electron chi connectivity index (χ4n) is 2.36. The normalized spacial score (nSPS) is 18.1. The van der Waals surface area contributed by atoms with E-state index in [9.17, 15) is 13.6 Å². The van der Waals surface area contributed by atoms with Crippen molar-refractivity contribution in [2.75, 3.05) is 19.7 Å². The van der Waals surface area contributed by atoms with Gasteiger partial charge in [0.25, 0.3) is 6.43 Å². The molecule has 0 aromatic carbocycles. The molecule has 17 heavy (non-hydrogen) atoms. The molecular formula is C12H21F2NO2. The van der Waals surface area contributed by atoms with Crippen molar-refractivity contribution in [1.29, 1.82) is 0 Å². The third-order valence-corrected chi connectivity index (χ3v) is 3.24. The molecule has 0 radical (unpaired) electrons. The van der Waals surface area contributed by atoms with E-state index in [0.717, 1.165) is 43.4 Å². The molecule has 0 aromatic heterocycles. The number of aliphatic hydroxyl groups excluding tert-OH is 1. The van der Waals surface area contributed by atoms with E-state index >= 15 is 0 Å². The fraction of sp³-hybridized carbons (Fsp3) is 0.917. The molecule has 0 unspecified atom stereocenters. The van der Waals surface area contributed by atoms with E-state index in [1.807, 2.05) is 0 Å². The molecule has 0 bridgehead atoms. The number of hydrogen-bond acceptors (Lipinski definition) is 2. The standard InChI is InChI=1S/C12H21F2NO2/c13-11(14)9-15(7-8-16)12(17)10-5-3-1-2-4-6-10/h10-11,16H,1-9H2. The van der Waals surface area contributed by atoms with Gasteiger partial charge in [0.05, 0.1) is 13.2 Å². The third kappa shape index (κ3) is 4.98. The van der Waals surface area contributed by atoms with Crippen LogP contribution in [0.3, 0.4) is 0 Å². The summed E-state index contributed by atoms with van der Waals surface area (Å²) in [5, 5.41) is 8.81. The summed E-state index contributed by atoms with van der Waals surface area (Å²) in [4.78, 5) is 13.2. The number of carbonyl (C=O) groups excluding carboxylic acids is 1. The predicted molar refractivity (Wildman–Crippen MR) is 60.9 cm³/mol. The molecule has 0 spiro atoms. The van der Waals surface area contributed by atoms with Crippen molar-refractivity contribution in [1.82, 2.24) is 4.90 Å². The Balaban J connectivity index is 2.54. The van der Waals surface area contributed by atoms with Gasteiger partial charge in [-0.1, -0.05) is 25.7 Å². The third-order valence-electron chi connectivity index (χ3n) is 3.24. The number of nitrogens with zero attached hydrogens (tertiary/aromatic N) is 1. The predicted octanol–water partition coefficient (Wildman–Crippen LogP) is 2.04. The zero-order valence-electron chi connectivity index (χ0n) is 10.1. The molecule has 1 aliphatic rings. The van der Waals surface area contributed by atoms with Gasteiger partial charge in [0.1, 0.15) is 0 Å². The summed E-state index contributed by atoms with van der Waals surface area (Å²) in [5.41, 5.74) is 0. The molecule has 0 aromatic rings. The minimum absolute atomic E-state index is 0.0136. The van der Waals surface area contributed by atoms with E-state index in [4.69, 9.17) is 5.11 Å². The molecule has 1 aliphatic carbocycles. The fourth-order valence-corrected chi connectivity index (χ4v) is 2.36. The topological polar surface area (TPSA) is 40.5 Å². The molecule has 1 fully saturated rings. The summed E-state index contributed by atoms with van der Waals surface area (Å²) in [6, 6.07) is 0. The van der Waals surface area contributed by atoms with Gasteiger partial charge in [-0.3, -0.25) is 4.79 Å². The van der Waals surface area contributed by atoms with E-state index in [0.29, 0.717) is 0 Å². The Bertz CT molecular complexity index is 229. The van der Waals surface area contributed by atoms with Crippen molar-refractivity contribution < 1.29 is 18.7 Å². The molecule has 5 heteroatoms. The van der Waals surface area contributed by atoms with Gasteiger partial charge in [-0.05, 0) is 12.8 Å². The van der Waals surface area contributed by atoms with Crippen LogP contribution in [0.4, 0.5) is 8.78 Å². The molecular weight excluding hydrogens is 228 g/mol. The van der Waals surface area contributed by atoms with Crippen LogP contribution >= 0.6 is 0 Å². The summed E-state index contributed by atoms with van der Waals surface area (Å²) in [7, 11) is 0. The van der Waals surface area contributed by atoms with Gasteiger partial charge >= 0.3 is 0 Å². The zero-order chi connectivity index (χ0) is 12.7. The van der Waals surface area contributed by atoms with Crippen molar-refractivity contribution in [2.24, 2.45) is 5.92 Å². The second-order valence-corrected chi connectivity index (χ2v) is 4.59. The number of hydrogen-bond donors (Lipinski definition) is 1. The number of rotatable bonds is 5. The second kappa shape index (κ2) is 7.58. The van der Waals surface area contributed by atoms with Crippen molar-refractivity contribution in [2.45, 2.75) is 45.0 Å². The second-order valence-electron chi connectivity index (χ2n) is 4.59. The SMILES string of the molecule is O=C(C1CCCCCC1)N(CCO)CC(F)F. The molecule has 0 saturated heterocycles. The Hall–Kier alpha value is -0.710. The first-order valence-corrected chi connectivity index (χ1v) is 6.33. The van der Waals surface area contributed by atoms with E-state index in [1.165, 1.54) is 0 Å². The van der Waals surface area contributed by atoms with Crippen LogP contribution < -0.4 is 0 Å². The van der Waals surface area contributed by atoms with Crippen molar-refractivity contribution in [3.63, 3.8) is 0 Å². The van der Waals surface area contributed by atoms with E-state index in [2.05, 4.69) is 0 Å². The van der Waals surface area contributed by atoms with Crippen LogP contribution in [-0.2, 0) is 4.79 Å². The van der Waals surface area contributed by atoms with Crippen LogP contribution in [0.15, 0.2) is 0 Å². The average molecular weight is 249 g/mol. The van der Waals surface area contributed by atoms with Crippen LogP contribution in [-0.4, -0.2) is 42.0 Å². The maximum absolute atomic E-state index is 12.3. The lowest BCUT2D eigenvalue weighted by molar-refractivity contribution is -0.138. The first-order chi connectivity index (χ1) is 8.15. The zero-order valence-corrected chi connectivity index (χ0v) is 10.1. The van der Waals surface area contributed by atoms with Crippen LogP contribution in [0.2, 0.25) is 0 Å². The van der Waals surface area contributed by atoms with E-state index in [1.54, 1.807) is 0 Å². The number of amides is 1. The van der Waals surface area contributed by atoms with Crippen LogP contribution in [0, 0.1) is 5.92 Å². The number of aliphatic hydroxyl groups is 1. The molecule has 0 heterocycles. The molecule has 1 saturated carbocycles. The maximum Gasteiger partial charge on any atom is 0.255 e. The van der Waals surface area contributed by atoms with Crippen LogP contribution in [0.25, 0.3) is 0 Å². The highest BCUT2D eigenvalue weighted by atomic mass is 19.3. The average Bonchev–Trinajstić information content (AvgIpc) is 2.55. The Morgan fingerprint density at radius 1 is 1.24 bits per heavy atom.